The van der Waals surface area contributed by atoms with E-state index in [0.29, 0.717) is 13.2 Å². The highest BCUT2D eigenvalue weighted by molar-refractivity contribution is 5.43. The molecule has 1 aromatic heterocycles. The number of nitrogens with one attached hydrogen (secondary N) is 2. The van der Waals surface area contributed by atoms with Gasteiger partial charge in [-0.3, -0.25) is 0 Å². The smallest absolute Gasteiger partial charge is 0.376 e. The van der Waals surface area contributed by atoms with Gasteiger partial charge in [-0.2, -0.15) is 18.2 Å². The minimum Gasteiger partial charge on any atom is -0.376 e. The Morgan fingerprint density at radius 1 is 1.42 bits per heavy atom. The molecule has 19 heavy (non-hydrogen) atoms. The topological polar surface area (TPSA) is 59.1 Å². The fourth-order valence-corrected chi connectivity index (χ4v) is 1.82. The molecule has 5 nitrogen and oxygen atoms in total. The minimum absolute atomic E-state index is 0.0299. The Labute approximate surface area is 108 Å². The van der Waals surface area contributed by atoms with Gasteiger partial charge >= 0.3 is 6.18 Å². The van der Waals surface area contributed by atoms with E-state index >= 15 is 0 Å². The maximum atomic E-state index is 12.7. The van der Waals surface area contributed by atoms with Gasteiger partial charge in [0.05, 0.1) is 6.10 Å². The van der Waals surface area contributed by atoms with Crippen molar-refractivity contribution in [2.45, 2.75) is 25.1 Å². The van der Waals surface area contributed by atoms with Gasteiger partial charge in [0.1, 0.15) is 5.82 Å². The molecule has 2 N–H and O–H groups in total. The van der Waals surface area contributed by atoms with Crippen molar-refractivity contribution in [1.82, 2.24) is 9.97 Å². The van der Waals surface area contributed by atoms with Crippen LogP contribution in [-0.4, -0.2) is 36.3 Å². The summed E-state index contributed by atoms with van der Waals surface area (Å²) in [7, 11) is 1.47. The molecule has 0 amide bonds. The molecule has 0 saturated carbocycles. The first kappa shape index (κ1) is 13.9. The number of rotatable bonds is 4. The third-order valence-electron chi connectivity index (χ3n) is 2.78. The number of hydrogen-bond acceptors (Lipinski definition) is 5. The summed E-state index contributed by atoms with van der Waals surface area (Å²) in [6, 6.07) is 0.899. The highest BCUT2D eigenvalue weighted by Gasteiger charge is 2.33. The maximum Gasteiger partial charge on any atom is 0.433 e. The van der Waals surface area contributed by atoms with Crippen molar-refractivity contribution in [1.29, 1.82) is 0 Å². The number of hydrogen-bond donors (Lipinski definition) is 2. The molecule has 8 heteroatoms. The van der Waals surface area contributed by atoms with Gasteiger partial charge in [0, 0.05) is 26.3 Å². The van der Waals surface area contributed by atoms with Gasteiger partial charge in [-0.05, 0) is 12.8 Å². The summed E-state index contributed by atoms with van der Waals surface area (Å²) in [5.74, 6) is 0.0758. The van der Waals surface area contributed by atoms with Gasteiger partial charge in [0.25, 0.3) is 0 Å². The van der Waals surface area contributed by atoms with Crippen LogP contribution in [0.4, 0.5) is 24.9 Å². The Balaban J connectivity index is 2.10. The van der Waals surface area contributed by atoms with Crippen molar-refractivity contribution in [3.8, 4) is 0 Å². The lowest BCUT2D eigenvalue weighted by atomic mass is 10.2. The van der Waals surface area contributed by atoms with Gasteiger partial charge in [0.2, 0.25) is 5.95 Å². The largest absolute Gasteiger partial charge is 0.433 e. The molecule has 106 valence electrons. The summed E-state index contributed by atoms with van der Waals surface area (Å²) >= 11 is 0. The monoisotopic (exact) mass is 276 g/mol. The first-order valence-electron chi connectivity index (χ1n) is 5.98. The molecule has 1 fully saturated rings. The Bertz CT molecular complexity index is 432. The van der Waals surface area contributed by atoms with E-state index in [4.69, 9.17) is 4.74 Å². The quantitative estimate of drug-likeness (QED) is 0.882. The molecule has 0 bridgehead atoms. The molecule has 1 aromatic rings. The third-order valence-corrected chi connectivity index (χ3v) is 2.78. The summed E-state index contributed by atoms with van der Waals surface area (Å²) in [5.41, 5.74) is -0.971. The lowest BCUT2D eigenvalue weighted by Crippen LogP contribution is -2.20. The molecule has 0 aliphatic carbocycles. The number of aromatic nitrogens is 2. The van der Waals surface area contributed by atoms with Crippen molar-refractivity contribution in [3.63, 3.8) is 0 Å². The zero-order chi connectivity index (χ0) is 13.9. The average molecular weight is 276 g/mol. The van der Waals surface area contributed by atoms with Crippen LogP contribution in [0.15, 0.2) is 6.07 Å². The Morgan fingerprint density at radius 2 is 2.21 bits per heavy atom. The maximum absolute atomic E-state index is 12.7. The SMILES string of the molecule is CNc1nc(NC[C@H]2CCCO2)cc(C(F)(F)F)n1. The summed E-state index contributed by atoms with van der Waals surface area (Å²) in [6.07, 6.45) is -2.58. The van der Waals surface area contributed by atoms with Crippen LogP contribution in [-0.2, 0) is 10.9 Å². The van der Waals surface area contributed by atoms with E-state index < -0.39 is 11.9 Å². The summed E-state index contributed by atoms with van der Waals surface area (Å²) in [6.45, 7) is 1.14. The fourth-order valence-electron chi connectivity index (χ4n) is 1.82. The first-order valence-corrected chi connectivity index (χ1v) is 5.98. The molecule has 0 unspecified atom stereocenters. The zero-order valence-corrected chi connectivity index (χ0v) is 10.4. The Hall–Kier alpha value is -1.57. The Morgan fingerprint density at radius 3 is 2.79 bits per heavy atom. The second kappa shape index (κ2) is 5.60. The van der Waals surface area contributed by atoms with Crippen LogP contribution < -0.4 is 10.6 Å². The molecular weight excluding hydrogens is 261 g/mol. The van der Waals surface area contributed by atoms with Crippen LogP contribution in [0.1, 0.15) is 18.5 Å². The van der Waals surface area contributed by atoms with E-state index in [1.165, 1.54) is 7.05 Å². The van der Waals surface area contributed by atoms with Crippen LogP contribution in [0.3, 0.4) is 0 Å². The van der Waals surface area contributed by atoms with Crippen molar-refractivity contribution >= 4 is 11.8 Å². The van der Waals surface area contributed by atoms with Crippen molar-refractivity contribution in [2.75, 3.05) is 30.8 Å². The number of ether oxygens (including phenoxy) is 1. The van der Waals surface area contributed by atoms with E-state index in [9.17, 15) is 13.2 Å². The molecular formula is C11H15F3N4O. The lowest BCUT2D eigenvalue weighted by molar-refractivity contribution is -0.141. The molecule has 1 saturated heterocycles. The molecule has 1 aliphatic rings. The van der Waals surface area contributed by atoms with Crippen LogP contribution in [0.5, 0.6) is 0 Å². The fraction of sp³-hybridized carbons (Fsp3) is 0.636. The second-order valence-corrected chi connectivity index (χ2v) is 4.23. The van der Waals surface area contributed by atoms with E-state index in [-0.39, 0.29) is 17.9 Å². The molecule has 0 spiro atoms. The number of nitrogens with zero attached hydrogens (tertiary/aromatic N) is 2. The predicted octanol–water partition coefficient (Wildman–Crippen LogP) is 2.13. The number of alkyl halides is 3. The molecule has 1 atom stereocenters. The number of anilines is 2. The standard InChI is InChI=1S/C11H15F3N4O/c1-15-10-17-8(11(12,13)14)5-9(18-10)16-6-7-3-2-4-19-7/h5,7H,2-4,6H2,1H3,(H2,15,16,17,18)/t7-/m1/s1. The normalized spacial score (nSPS) is 19.5. The van der Waals surface area contributed by atoms with E-state index in [1.807, 2.05) is 0 Å². The minimum atomic E-state index is -4.49. The van der Waals surface area contributed by atoms with Crippen LogP contribution in [0, 0.1) is 0 Å². The number of halogens is 3. The Kier molecular flexibility index (Phi) is 4.08. The first-order chi connectivity index (χ1) is 8.99. The van der Waals surface area contributed by atoms with Crippen molar-refractivity contribution in [3.05, 3.63) is 11.8 Å². The molecule has 0 radical (unpaired) electrons. The molecule has 2 heterocycles. The highest BCUT2D eigenvalue weighted by atomic mass is 19.4. The van der Waals surface area contributed by atoms with Gasteiger partial charge in [-0.25, -0.2) is 4.98 Å². The predicted molar refractivity (Wildman–Crippen MR) is 64.0 cm³/mol. The summed E-state index contributed by atoms with van der Waals surface area (Å²) < 4.78 is 43.3. The van der Waals surface area contributed by atoms with Crippen LogP contribution in [0.2, 0.25) is 0 Å². The lowest BCUT2D eigenvalue weighted by Gasteiger charge is -2.14. The van der Waals surface area contributed by atoms with E-state index in [0.717, 1.165) is 18.9 Å². The zero-order valence-electron chi connectivity index (χ0n) is 10.4. The summed E-state index contributed by atoms with van der Waals surface area (Å²) in [5, 5.41) is 5.37. The summed E-state index contributed by atoms with van der Waals surface area (Å²) in [4.78, 5) is 7.32. The van der Waals surface area contributed by atoms with Crippen LogP contribution >= 0.6 is 0 Å². The highest BCUT2D eigenvalue weighted by Crippen LogP contribution is 2.29. The molecule has 0 aromatic carbocycles. The average Bonchev–Trinajstić information content (AvgIpc) is 2.88. The van der Waals surface area contributed by atoms with Crippen molar-refractivity contribution < 1.29 is 17.9 Å². The van der Waals surface area contributed by atoms with E-state index in [1.54, 1.807) is 0 Å². The van der Waals surface area contributed by atoms with E-state index in [2.05, 4.69) is 20.6 Å². The second-order valence-electron chi connectivity index (χ2n) is 4.23. The van der Waals surface area contributed by atoms with Gasteiger partial charge in [0.15, 0.2) is 5.69 Å². The van der Waals surface area contributed by atoms with Gasteiger partial charge < -0.3 is 15.4 Å². The van der Waals surface area contributed by atoms with Gasteiger partial charge in [-0.15, -0.1) is 0 Å². The third kappa shape index (κ3) is 3.69. The van der Waals surface area contributed by atoms with Crippen molar-refractivity contribution in [2.24, 2.45) is 0 Å². The molecule has 1 aliphatic heterocycles. The van der Waals surface area contributed by atoms with Gasteiger partial charge in [-0.1, -0.05) is 0 Å². The molecule has 2 rings (SSSR count). The van der Waals surface area contributed by atoms with Crippen LogP contribution in [0.25, 0.3) is 0 Å².